The maximum atomic E-state index is 12.8. The maximum Gasteiger partial charge on any atom is 0.451 e. The standard InChI is InChI=1S/C13H13F3N4/c1-2-18-11-8-10(7-9-3-5-17-6-4-9)19-12(20-11)13(14,15)16/h3-6,8H,2,7H2,1H3,(H,18,19,20). The van der Waals surface area contributed by atoms with Crippen molar-refractivity contribution in [1.29, 1.82) is 0 Å². The smallest absolute Gasteiger partial charge is 0.370 e. The van der Waals surface area contributed by atoms with E-state index in [9.17, 15) is 13.2 Å². The predicted octanol–water partition coefficient (Wildman–Crippen LogP) is 2.91. The van der Waals surface area contributed by atoms with Gasteiger partial charge in [0.05, 0.1) is 5.69 Å². The lowest BCUT2D eigenvalue weighted by atomic mass is 10.1. The molecule has 4 nitrogen and oxygen atoms in total. The molecule has 1 N–H and O–H groups in total. The van der Waals surface area contributed by atoms with Crippen LogP contribution in [0, 0.1) is 0 Å². The monoisotopic (exact) mass is 282 g/mol. The van der Waals surface area contributed by atoms with Crippen molar-refractivity contribution in [3.8, 4) is 0 Å². The summed E-state index contributed by atoms with van der Waals surface area (Å²) in [5.41, 5.74) is 1.16. The van der Waals surface area contributed by atoms with Crippen LogP contribution in [-0.4, -0.2) is 21.5 Å². The molecule has 2 aromatic rings. The van der Waals surface area contributed by atoms with E-state index < -0.39 is 12.0 Å². The van der Waals surface area contributed by atoms with E-state index in [1.165, 1.54) is 6.07 Å². The first-order valence-electron chi connectivity index (χ1n) is 6.07. The van der Waals surface area contributed by atoms with Gasteiger partial charge in [0.1, 0.15) is 5.82 Å². The zero-order valence-corrected chi connectivity index (χ0v) is 10.8. The van der Waals surface area contributed by atoms with Gasteiger partial charge in [0.25, 0.3) is 0 Å². The Labute approximate surface area is 114 Å². The molecule has 20 heavy (non-hydrogen) atoms. The summed E-state index contributed by atoms with van der Waals surface area (Å²) in [6.07, 6.45) is -1.08. The van der Waals surface area contributed by atoms with E-state index in [2.05, 4.69) is 20.3 Å². The Morgan fingerprint density at radius 3 is 2.45 bits per heavy atom. The molecule has 2 aromatic heterocycles. The number of alkyl halides is 3. The molecule has 0 bridgehead atoms. The fourth-order valence-electron chi connectivity index (χ4n) is 1.70. The van der Waals surface area contributed by atoms with Crippen LogP contribution in [0.2, 0.25) is 0 Å². The van der Waals surface area contributed by atoms with Crippen LogP contribution in [0.15, 0.2) is 30.6 Å². The van der Waals surface area contributed by atoms with Crippen LogP contribution >= 0.6 is 0 Å². The van der Waals surface area contributed by atoms with Crippen molar-refractivity contribution < 1.29 is 13.2 Å². The van der Waals surface area contributed by atoms with Gasteiger partial charge in [-0.15, -0.1) is 0 Å². The van der Waals surface area contributed by atoms with E-state index in [4.69, 9.17) is 0 Å². The molecule has 0 aliphatic rings. The van der Waals surface area contributed by atoms with Crippen LogP contribution < -0.4 is 5.32 Å². The zero-order valence-electron chi connectivity index (χ0n) is 10.8. The van der Waals surface area contributed by atoms with Crippen molar-refractivity contribution >= 4 is 5.82 Å². The summed E-state index contributed by atoms with van der Waals surface area (Å²) in [7, 11) is 0. The van der Waals surface area contributed by atoms with E-state index in [0.29, 0.717) is 18.7 Å². The Morgan fingerprint density at radius 1 is 1.15 bits per heavy atom. The van der Waals surface area contributed by atoms with Crippen molar-refractivity contribution in [2.24, 2.45) is 0 Å². The molecular formula is C13H13F3N4. The molecule has 0 amide bonds. The highest BCUT2D eigenvalue weighted by Crippen LogP contribution is 2.27. The Morgan fingerprint density at radius 2 is 1.85 bits per heavy atom. The van der Waals surface area contributed by atoms with Crippen LogP contribution in [0.25, 0.3) is 0 Å². The number of hydrogen-bond donors (Lipinski definition) is 1. The highest BCUT2D eigenvalue weighted by Gasteiger charge is 2.35. The third-order valence-corrected chi connectivity index (χ3v) is 2.53. The van der Waals surface area contributed by atoms with Gasteiger partial charge in [0.2, 0.25) is 5.82 Å². The van der Waals surface area contributed by atoms with Crippen molar-refractivity contribution in [2.45, 2.75) is 19.5 Å². The molecule has 7 heteroatoms. The fourth-order valence-corrected chi connectivity index (χ4v) is 1.70. The Balaban J connectivity index is 2.34. The largest absolute Gasteiger partial charge is 0.451 e. The van der Waals surface area contributed by atoms with Gasteiger partial charge in [-0.3, -0.25) is 4.98 Å². The predicted molar refractivity (Wildman–Crippen MR) is 68.2 cm³/mol. The van der Waals surface area contributed by atoms with E-state index in [-0.39, 0.29) is 5.82 Å². The van der Waals surface area contributed by atoms with Crippen LogP contribution in [0.5, 0.6) is 0 Å². The molecule has 0 spiro atoms. The maximum absolute atomic E-state index is 12.8. The summed E-state index contributed by atoms with van der Waals surface area (Å²) in [5.74, 6) is -0.945. The molecule has 2 heterocycles. The molecule has 0 saturated heterocycles. The van der Waals surface area contributed by atoms with Gasteiger partial charge < -0.3 is 5.32 Å². The number of pyridine rings is 1. The van der Waals surface area contributed by atoms with Gasteiger partial charge in [-0.1, -0.05) is 0 Å². The number of halogens is 3. The van der Waals surface area contributed by atoms with Crippen molar-refractivity contribution in [3.63, 3.8) is 0 Å². The third kappa shape index (κ3) is 3.66. The van der Waals surface area contributed by atoms with Crippen molar-refractivity contribution in [2.75, 3.05) is 11.9 Å². The first kappa shape index (κ1) is 14.2. The highest BCUT2D eigenvalue weighted by atomic mass is 19.4. The SMILES string of the molecule is CCNc1cc(Cc2ccncc2)nc(C(F)(F)F)n1. The quantitative estimate of drug-likeness (QED) is 0.936. The summed E-state index contributed by atoms with van der Waals surface area (Å²) in [5, 5.41) is 2.78. The number of hydrogen-bond acceptors (Lipinski definition) is 4. The number of nitrogens with one attached hydrogen (secondary N) is 1. The molecule has 0 unspecified atom stereocenters. The first-order chi connectivity index (χ1) is 9.49. The van der Waals surface area contributed by atoms with Gasteiger partial charge in [0.15, 0.2) is 0 Å². The summed E-state index contributed by atoms with van der Waals surface area (Å²) in [6, 6.07) is 5.00. The molecular weight excluding hydrogens is 269 g/mol. The molecule has 0 aromatic carbocycles. The van der Waals surface area contributed by atoms with Gasteiger partial charge in [-0.25, -0.2) is 9.97 Å². The average Bonchev–Trinajstić information content (AvgIpc) is 2.39. The van der Waals surface area contributed by atoms with E-state index in [0.717, 1.165) is 5.56 Å². The van der Waals surface area contributed by atoms with Gasteiger partial charge in [-0.2, -0.15) is 13.2 Å². The minimum absolute atomic E-state index is 0.180. The topological polar surface area (TPSA) is 50.7 Å². The summed E-state index contributed by atoms with van der Waals surface area (Å²) in [4.78, 5) is 10.9. The molecule has 106 valence electrons. The molecule has 0 fully saturated rings. The average molecular weight is 282 g/mol. The third-order valence-electron chi connectivity index (χ3n) is 2.53. The van der Waals surface area contributed by atoms with Gasteiger partial charge in [-0.05, 0) is 24.6 Å². The Bertz CT molecular complexity index is 570. The zero-order chi connectivity index (χ0) is 14.6. The van der Waals surface area contributed by atoms with Crippen LogP contribution in [-0.2, 0) is 12.6 Å². The van der Waals surface area contributed by atoms with Crippen molar-refractivity contribution in [1.82, 2.24) is 15.0 Å². The van der Waals surface area contributed by atoms with Gasteiger partial charge in [0, 0.05) is 31.4 Å². The van der Waals surface area contributed by atoms with Gasteiger partial charge >= 0.3 is 6.18 Å². The number of rotatable bonds is 4. The van der Waals surface area contributed by atoms with E-state index in [1.807, 2.05) is 0 Å². The van der Waals surface area contributed by atoms with Crippen LogP contribution in [0.3, 0.4) is 0 Å². The van der Waals surface area contributed by atoms with Crippen LogP contribution in [0.1, 0.15) is 24.0 Å². The number of nitrogens with zero attached hydrogens (tertiary/aromatic N) is 3. The second-order valence-corrected chi connectivity index (χ2v) is 4.13. The normalized spacial score (nSPS) is 11.4. The highest BCUT2D eigenvalue weighted by molar-refractivity contribution is 5.37. The summed E-state index contributed by atoms with van der Waals surface area (Å²) >= 11 is 0. The molecule has 0 aliphatic heterocycles. The minimum Gasteiger partial charge on any atom is -0.370 e. The Hall–Kier alpha value is -2.18. The van der Waals surface area contributed by atoms with Crippen LogP contribution in [0.4, 0.5) is 19.0 Å². The number of aromatic nitrogens is 3. The minimum atomic E-state index is -4.56. The Kier molecular flexibility index (Phi) is 4.16. The second kappa shape index (κ2) is 5.85. The molecule has 0 atom stereocenters. The lowest BCUT2D eigenvalue weighted by molar-refractivity contribution is -0.145. The van der Waals surface area contributed by atoms with E-state index in [1.54, 1.807) is 31.5 Å². The molecule has 0 saturated carbocycles. The lowest BCUT2D eigenvalue weighted by Gasteiger charge is -2.10. The first-order valence-corrected chi connectivity index (χ1v) is 6.07. The molecule has 0 aliphatic carbocycles. The number of anilines is 1. The summed E-state index contributed by atoms with van der Waals surface area (Å²) in [6.45, 7) is 2.28. The fraction of sp³-hybridized carbons (Fsp3) is 0.308. The lowest BCUT2D eigenvalue weighted by Crippen LogP contribution is -2.15. The van der Waals surface area contributed by atoms with Crippen molar-refractivity contribution in [3.05, 3.63) is 47.7 Å². The summed E-state index contributed by atoms with van der Waals surface area (Å²) < 4.78 is 38.3. The second-order valence-electron chi connectivity index (χ2n) is 4.13. The molecule has 2 rings (SSSR count). The van der Waals surface area contributed by atoms with E-state index >= 15 is 0 Å². The molecule has 0 radical (unpaired) electrons.